The monoisotopic (exact) mass is 472 g/mol. The van der Waals surface area contributed by atoms with Crippen molar-refractivity contribution in [2.45, 2.75) is 65.1 Å². The lowest BCUT2D eigenvalue weighted by Gasteiger charge is -2.17. The lowest BCUT2D eigenvalue weighted by atomic mass is 10.0. The van der Waals surface area contributed by atoms with E-state index >= 15 is 0 Å². The van der Waals surface area contributed by atoms with Crippen molar-refractivity contribution in [2.75, 3.05) is 0 Å². The van der Waals surface area contributed by atoms with Crippen molar-refractivity contribution >= 4 is 28.6 Å². The summed E-state index contributed by atoms with van der Waals surface area (Å²) in [6, 6.07) is 15.6. The van der Waals surface area contributed by atoms with Gasteiger partial charge in [-0.2, -0.15) is 0 Å². The predicted octanol–water partition coefficient (Wildman–Crippen LogP) is 6.91. The topological polar surface area (TPSA) is 72.8 Å². The third-order valence-electron chi connectivity index (χ3n) is 6.48. The maximum Gasteiger partial charge on any atom is 0.342 e. The minimum atomic E-state index is -0.575. The number of carbonyl (C=O) groups is 2. The number of fused-ring (bicyclic) bond motifs is 2. The number of Topliss-reactive ketones (excluding diaryl/α,β-unsaturated/α-hetero) is 1. The number of phenols is 1. The largest absolute Gasteiger partial charge is 0.507 e. The molecule has 0 radical (unpaired) electrons. The Morgan fingerprint density at radius 2 is 1.86 bits per heavy atom. The number of phenolic OH excluding ortho intramolecular Hbond substituents is 1. The molecular weight excluding hydrogens is 440 g/mol. The standard InChI is InChI=1S/C30H32O5/c1-20-15-16-22-10-6-7-14-26(22)27(20)19-34-25-17-23-11-4-3-5-12-24(31)13-8-9-21(2)35-30(33)29(23)28(32)18-25/h4,6-7,10-11,14-18,21,32H,3,5,8-9,12-13,19H2,1-2H3/b11-4+/t21-/m0/s1. The van der Waals surface area contributed by atoms with Crippen LogP contribution in [0.1, 0.15) is 72.5 Å². The van der Waals surface area contributed by atoms with Crippen LogP contribution < -0.4 is 4.74 Å². The molecule has 5 heteroatoms. The molecule has 0 aromatic heterocycles. The van der Waals surface area contributed by atoms with E-state index in [-0.39, 0.29) is 23.2 Å². The zero-order chi connectivity index (χ0) is 24.8. The first-order valence-electron chi connectivity index (χ1n) is 12.3. The fraction of sp³-hybridized carbons (Fsp3) is 0.333. The SMILES string of the molecule is Cc1ccc2ccccc2c1COc1cc(O)c2c(c1)/C=C/CCCC(=O)CCC[C@H](C)OC2=O. The molecular formula is C30H32O5. The molecule has 3 aromatic rings. The van der Waals surface area contributed by atoms with E-state index in [4.69, 9.17) is 9.47 Å². The van der Waals surface area contributed by atoms with Gasteiger partial charge < -0.3 is 14.6 Å². The summed E-state index contributed by atoms with van der Waals surface area (Å²) < 4.78 is 11.7. The molecule has 1 aliphatic rings. The summed E-state index contributed by atoms with van der Waals surface area (Å²) in [6.07, 6.45) is 7.18. The Morgan fingerprint density at radius 3 is 2.71 bits per heavy atom. The number of allylic oxidation sites excluding steroid dienone is 1. The van der Waals surface area contributed by atoms with Gasteiger partial charge in [-0.25, -0.2) is 4.79 Å². The number of ether oxygens (including phenoxy) is 2. The molecule has 5 nitrogen and oxygen atoms in total. The third-order valence-corrected chi connectivity index (χ3v) is 6.48. The van der Waals surface area contributed by atoms with Crippen LogP contribution in [0.3, 0.4) is 0 Å². The number of carbonyl (C=O) groups excluding carboxylic acids is 2. The van der Waals surface area contributed by atoms with Crippen LogP contribution in [0.5, 0.6) is 11.5 Å². The molecule has 1 aliphatic heterocycles. The van der Waals surface area contributed by atoms with E-state index in [1.807, 2.05) is 25.1 Å². The van der Waals surface area contributed by atoms with Crippen LogP contribution >= 0.6 is 0 Å². The van der Waals surface area contributed by atoms with E-state index in [0.717, 1.165) is 28.3 Å². The first-order valence-corrected chi connectivity index (χ1v) is 12.3. The smallest absolute Gasteiger partial charge is 0.342 e. The van der Waals surface area contributed by atoms with Gasteiger partial charge in [-0.05, 0) is 67.5 Å². The number of benzene rings is 3. The Hall–Kier alpha value is -3.60. The second-order valence-corrected chi connectivity index (χ2v) is 9.22. The van der Waals surface area contributed by atoms with Gasteiger partial charge in [-0.3, -0.25) is 4.79 Å². The van der Waals surface area contributed by atoms with Crippen LogP contribution in [0.2, 0.25) is 0 Å². The first-order chi connectivity index (χ1) is 16.9. The van der Waals surface area contributed by atoms with E-state index < -0.39 is 5.97 Å². The van der Waals surface area contributed by atoms with Gasteiger partial charge in [0.2, 0.25) is 0 Å². The molecule has 0 spiro atoms. The molecule has 1 atom stereocenters. The highest BCUT2D eigenvalue weighted by Crippen LogP contribution is 2.32. The molecule has 35 heavy (non-hydrogen) atoms. The quantitative estimate of drug-likeness (QED) is 0.419. The summed E-state index contributed by atoms with van der Waals surface area (Å²) in [5.41, 5.74) is 2.87. The summed E-state index contributed by atoms with van der Waals surface area (Å²) in [7, 11) is 0. The average Bonchev–Trinajstić information content (AvgIpc) is 2.82. The Morgan fingerprint density at radius 1 is 1.06 bits per heavy atom. The molecule has 4 rings (SSSR count). The highest BCUT2D eigenvalue weighted by molar-refractivity contribution is 5.97. The number of hydrogen-bond donors (Lipinski definition) is 1. The number of hydrogen-bond acceptors (Lipinski definition) is 5. The lowest BCUT2D eigenvalue weighted by Crippen LogP contribution is -2.17. The fourth-order valence-electron chi connectivity index (χ4n) is 4.49. The number of ketones is 1. The number of esters is 1. The van der Waals surface area contributed by atoms with Gasteiger partial charge in [0.1, 0.15) is 29.5 Å². The van der Waals surface area contributed by atoms with Crippen molar-refractivity contribution < 1.29 is 24.2 Å². The molecule has 1 N–H and O–H groups in total. The first kappa shape index (κ1) is 24.5. The van der Waals surface area contributed by atoms with Gasteiger partial charge in [-0.1, -0.05) is 48.6 Å². The number of rotatable bonds is 3. The van der Waals surface area contributed by atoms with Crippen LogP contribution in [0.25, 0.3) is 16.8 Å². The highest BCUT2D eigenvalue weighted by atomic mass is 16.5. The number of aryl methyl sites for hydroxylation is 1. The van der Waals surface area contributed by atoms with Crippen molar-refractivity contribution in [1.29, 1.82) is 0 Å². The number of cyclic esters (lactones) is 1. The van der Waals surface area contributed by atoms with Gasteiger partial charge in [0.25, 0.3) is 0 Å². The maximum absolute atomic E-state index is 12.9. The molecule has 1 heterocycles. The minimum Gasteiger partial charge on any atom is -0.507 e. The van der Waals surface area contributed by atoms with Crippen LogP contribution in [0.4, 0.5) is 0 Å². The van der Waals surface area contributed by atoms with Crippen molar-refractivity contribution in [3.05, 3.63) is 76.9 Å². The van der Waals surface area contributed by atoms with Crippen LogP contribution in [-0.2, 0) is 16.1 Å². The molecule has 0 fully saturated rings. The van der Waals surface area contributed by atoms with Crippen LogP contribution in [0, 0.1) is 6.92 Å². The molecule has 0 saturated carbocycles. The predicted molar refractivity (Wildman–Crippen MR) is 138 cm³/mol. The Kier molecular flexibility index (Phi) is 7.86. The second kappa shape index (κ2) is 11.2. The maximum atomic E-state index is 12.9. The molecule has 0 aliphatic carbocycles. The Balaban J connectivity index is 1.62. The highest BCUT2D eigenvalue weighted by Gasteiger charge is 2.21. The molecule has 0 unspecified atom stereocenters. The van der Waals surface area contributed by atoms with Gasteiger partial charge in [0.15, 0.2) is 0 Å². The van der Waals surface area contributed by atoms with E-state index in [9.17, 15) is 14.7 Å². The molecule has 3 aromatic carbocycles. The van der Waals surface area contributed by atoms with E-state index in [1.54, 1.807) is 12.1 Å². The zero-order valence-corrected chi connectivity index (χ0v) is 20.4. The van der Waals surface area contributed by atoms with Gasteiger partial charge >= 0.3 is 5.97 Å². The Labute approximate surface area is 206 Å². The summed E-state index contributed by atoms with van der Waals surface area (Å²) >= 11 is 0. The van der Waals surface area contributed by atoms with Crippen molar-refractivity contribution in [2.24, 2.45) is 0 Å². The van der Waals surface area contributed by atoms with E-state index in [1.165, 1.54) is 6.07 Å². The number of aromatic hydroxyl groups is 1. The third kappa shape index (κ3) is 6.10. The van der Waals surface area contributed by atoms with Gasteiger partial charge in [-0.15, -0.1) is 0 Å². The fourth-order valence-corrected chi connectivity index (χ4v) is 4.49. The lowest BCUT2D eigenvalue weighted by molar-refractivity contribution is -0.119. The molecule has 0 amide bonds. The van der Waals surface area contributed by atoms with Crippen LogP contribution in [0.15, 0.2) is 54.6 Å². The summed E-state index contributed by atoms with van der Waals surface area (Å²) in [5, 5.41) is 13.1. The zero-order valence-electron chi connectivity index (χ0n) is 20.4. The molecule has 0 bridgehead atoms. The molecule has 182 valence electrons. The van der Waals surface area contributed by atoms with Crippen molar-refractivity contribution in [1.82, 2.24) is 0 Å². The molecule has 0 saturated heterocycles. The average molecular weight is 473 g/mol. The van der Waals surface area contributed by atoms with E-state index in [0.29, 0.717) is 50.0 Å². The Bertz CT molecular complexity index is 1260. The van der Waals surface area contributed by atoms with Gasteiger partial charge in [0, 0.05) is 24.5 Å². The van der Waals surface area contributed by atoms with Crippen molar-refractivity contribution in [3.8, 4) is 11.5 Å². The summed E-state index contributed by atoms with van der Waals surface area (Å²) in [4.78, 5) is 25.0. The van der Waals surface area contributed by atoms with Gasteiger partial charge in [0.05, 0.1) is 6.10 Å². The summed E-state index contributed by atoms with van der Waals surface area (Å²) in [5.74, 6) is -0.0347. The van der Waals surface area contributed by atoms with E-state index in [2.05, 4.69) is 31.2 Å². The minimum absolute atomic E-state index is 0.134. The second-order valence-electron chi connectivity index (χ2n) is 9.22. The summed E-state index contributed by atoms with van der Waals surface area (Å²) in [6.45, 7) is 4.19. The van der Waals surface area contributed by atoms with Crippen LogP contribution in [-0.4, -0.2) is 23.0 Å². The normalized spacial score (nSPS) is 18.4. The van der Waals surface area contributed by atoms with Crippen molar-refractivity contribution in [3.63, 3.8) is 0 Å².